The molecular formula is C11H14ClFN2O2. The van der Waals surface area contributed by atoms with Crippen LogP contribution in [0.5, 0.6) is 0 Å². The largest absolute Gasteiger partial charge is 0.394 e. The van der Waals surface area contributed by atoms with Crippen molar-refractivity contribution >= 4 is 17.4 Å². The molecule has 2 rings (SSSR count). The van der Waals surface area contributed by atoms with Crippen molar-refractivity contribution in [2.24, 2.45) is 0 Å². The highest BCUT2D eigenvalue weighted by Gasteiger charge is 2.28. The first-order valence-corrected chi connectivity index (χ1v) is 5.79. The lowest BCUT2D eigenvalue weighted by Gasteiger charge is -2.38. The molecule has 17 heavy (non-hydrogen) atoms. The summed E-state index contributed by atoms with van der Waals surface area (Å²) in [5.74, 6) is -0.202. The molecule has 1 fully saturated rings. The Morgan fingerprint density at radius 2 is 2.47 bits per heavy atom. The second-order valence-electron chi connectivity index (χ2n) is 4.10. The Morgan fingerprint density at radius 3 is 3.12 bits per heavy atom. The van der Waals surface area contributed by atoms with Crippen LogP contribution in [0.25, 0.3) is 0 Å². The van der Waals surface area contributed by atoms with E-state index < -0.39 is 5.82 Å². The van der Waals surface area contributed by atoms with E-state index >= 15 is 0 Å². The summed E-state index contributed by atoms with van der Waals surface area (Å²) in [6, 6.07) is 1.25. The lowest BCUT2D eigenvalue weighted by molar-refractivity contribution is -0.0107. The molecule has 6 heteroatoms. The average Bonchev–Trinajstić information content (AvgIpc) is 2.30. The molecule has 4 nitrogen and oxygen atoms in total. The fraction of sp³-hybridized carbons (Fsp3) is 0.545. The molecule has 0 aliphatic carbocycles. The zero-order valence-electron chi connectivity index (χ0n) is 9.44. The average molecular weight is 261 g/mol. The summed E-state index contributed by atoms with van der Waals surface area (Å²) in [6.45, 7) is 2.69. The maximum atomic E-state index is 13.7. The number of ether oxygens (including phenoxy) is 1. The summed E-state index contributed by atoms with van der Waals surface area (Å²) in [7, 11) is 0. The summed E-state index contributed by atoms with van der Waals surface area (Å²) in [4.78, 5) is 5.79. The van der Waals surface area contributed by atoms with Gasteiger partial charge in [0.05, 0.1) is 30.4 Å². The van der Waals surface area contributed by atoms with Gasteiger partial charge in [-0.3, -0.25) is 0 Å². The third kappa shape index (κ3) is 2.68. The van der Waals surface area contributed by atoms with Crippen molar-refractivity contribution in [2.45, 2.75) is 19.1 Å². The third-order valence-electron chi connectivity index (χ3n) is 2.77. The molecule has 0 saturated carbocycles. The van der Waals surface area contributed by atoms with Gasteiger partial charge in [0.2, 0.25) is 0 Å². The monoisotopic (exact) mass is 260 g/mol. The number of aromatic nitrogens is 1. The minimum atomic E-state index is -0.456. The lowest BCUT2D eigenvalue weighted by Crippen LogP contribution is -2.50. The number of pyridine rings is 1. The number of halogens is 2. The van der Waals surface area contributed by atoms with Crippen LogP contribution >= 0.6 is 11.6 Å². The molecule has 1 N–H and O–H groups in total. The predicted molar refractivity (Wildman–Crippen MR) is 62.8 cm³/mol. The van der Waals surface area contributed by atoms with E-state index in [4.69, 9.17) is 21.4 Å². The van der Waals surface area contributed by atoms with Gasteiger partial charge in [-0.15, -0.1) is 0 Å². The Bertz CT molecular complexity index is 405. The number of rotatable bonds is 2. The quantitative estimate of drug-likeness (QED) is 0.875. The van der Waals surface area contributed by atoms with Crippen LogP contribution in [-0.4, -0.2) is 42.0 Å². The van der Waals surface area contributed by atoms with Crippen molar-refractivity contribution in [3.8, 4) is 0 Å². The maximum Gasteiger partial charge on any atom is 0.167 e. The van der Waals surface area contributed by atoms with Crippen LogP contribution in [0.2, 0.25) is 5.02 Å². The van der Waals surface area contributed by atoms with Gasteiger partial charge in [-0.05, 0) is 13.0 Å². The molecule has 2 atom stereocenters. The summed E-state index contributed by atoms with van der Waals surface area (Å²) >= 11 is 5.66. The van der Waals surface area contributed by atoms with Crippen LogP contribution in [0, 0.1) is 5.82 Å². The number of hydrogen-bond acceptors (Lipinski definition) is 4. The van der Waals surface area contributed by atoms with Crippen molar-refractivity contribution < 1.29 is 14.2 Å². The molecule has 1 aliphatic heterocycles. The van der Waals surface area contributed by atoms with Crippen molar-refractivity contribution in [3.05, 3.63) is 23.1 Å². The Balaban J connectivity index is 2.24. The highest BCUT2D eigenvalue weighted by Crippen LogP contribution is 2.24. The van der Waals surface area contributed by atoms with Gasteiger partial charge in [0.1, 0.15) is 0 Å². The van der Waals surface area contributed by atoms with Gasteiger partial charge < -0.3 is 14.7 Å². The molecule has 2 heterocycles. The van der Waals surface area contributed by atoms with E-state index in [1.165, 1.54) is 12.3 Å². The predicted octanol–water partition coefficient (Wildman–Crippen LogP) is 1.46. The van der Waals surface area contributed by atoms with Crippen LogP contribution in [-0.2, 0) is 4.74 Å². The molecule has 0 spiro atoms. The minimum absolute atomic E-state index is 0.0148. The van der Waals surface area contributed by atoms with Crippen molar-refractivity contribution in [1.29, 1.82) is 0 Å². The van der Waals surface area contributed by atoms with E-state index in [0.29, 0.717) is 13.2 Å². The molecular weight excluding hydrogens is 247 g/mol. The molecule has 1 saturated heterocycles. The number of aliphatic hydroxyl groups excluding tert-OH is 1. The lowest BCUT2D eigenvalue weighted by atomic mass is 10.2. The SMILES string of the molecule is CC1COC(CO)CN1c1ncc(Cl)cc1F. The zero-order valence-corrected chi connectivity index (χ0v) is 10.2. The van der Waals surface area contributed by atoms with E-state index in [1.54, 1.807) is 4.90 Å². The Morgan fingerprint density at radius 1 is 1.71 bits per heavy atom. The first-order valence-electron chi connectivity index (χ1n) is 5.42. The van der Waals surface area contributed by atoms with Crippen molar-refractivity contribution in [1.82, 2.24) is 4.98 Å². The van der Waals surface area contributed by atoms with E-state index in [-0.39, 0.29) is 29.6 Å². The van der Waals surface area contributed by atoms with Crippen LogP contribution in [0.4, 0.5) is 10.2 Å². The maximum absolute atomic E-state index is 13.7. The van der Waals surface area contributed by atoms with Gasteiger partial charge in [-0.1, -0.05) is 11.6 Å². The molecule has 94 valence electrons. The highest BCUT2D eigenvalue weighted by atomic mass is 35.5. The van der Waals surface area contributed by atoms with Crippen LogP contribution < -0.4 is 4.90 Å². The normalized spacial score (nSPS) is 25.1. The van der Waals surface area contributed by atoms with Crippen molar-refractivity contribution in [2.75, 3.05) is 24.7 Å². The summed E-state index contributed by atoms with van der Waals surface area (Å²) in [6.07, 6.45) is 1.11. The Kier molecular flexibility index (Phi) is 3.81. The van der Waals surface area contributed by atoms with Crippen LogP contribution in [0.1, 0.15) is 6.92 Å². The smallest absolute Gasteiger partial charge is 0.167 e. The van der Waals surface area contributed by atoms with Gasteiger partial charge in [0.15, 0.2) is 11.6 Å². The molecule has 0 aromatic carbocycles. The summed E-state index contributed by atoms with van der Waals surface area (Å²) in [5.41, 5.74) is 0. The molecule has 0 radical (unpaired) electrons. The number of morpholine rings is 1. The van der Waals surface area contributed by atoms with E-state index in [9.17, 15) is 4.39 Å². The first kappa shape index (κ1) is 12.5. The fourth-order valence-corrected chi connectivity index (χ4v) is 1.99. The van der Waals surface area contributed by atoms with Gasteiger partial charge in [-0.2, -0.15) is 0 Å². The van der Waals surface area contributed by atoms with Gasteiger partial charge in [0, 0.05) is 12.7 Å². The third-order valence-corrected chi connectivity index (χ3v) is 2.98. The second-order valence-corrected chi connectivity index (χ2v) is 4.53. The fourth-order valence-electron chi connectivity index (χ4n) is 1.84. The first-order chi connectivity index (χ1) is 8.11. The molecule has 2 unspecified atom stereocenters. The van der Waals surface area contributed by atoms with E-state index in [0.717, 1.165) is 0 Å². The van der Waals surface area contributed by atoms with E-state index in [1.807, 2.05) is 6.92 Å². The molecule has 1 aliphatic rings. The molecule has 1 aromatic rings. The zero-order chi connectivity index (χ0) is 12.4. The van der Waals surface area contributed by atoms with Crippen molar-refractivity contribution in [3.63, 3.8) is 0 Å². The molecule has 0 amide bonds. The highest BCUT2D eigenvalue weighted by molar-refractivity contribution is 6.30. The second kappa shape index (κ2) is 5.16. The number of hydrogen-bond donors (Lipinski definition) is 1. The van der Waals surface area contributed by atoms with Crippen LogP contribution in [0.15, 0.2) is 12.3 Å². The Hall–Kier alpha value is -0.910. The molecule has 0 bridgehead atoms. The minimum Gasteiger partial charge on any atom is -0.394 e. The standard InChI is InChI=1S/C11H14ClFN2O2/c1-7-6-17-9(5-16)4-15(7)11-10(13)2-8(12)3-14-11/h2-3,7,9,16H,4-6H2,1H3. The van der Waals surface area contributed by atoms with Crippen LogP contribution in [0.3, 0.4) is 0 Å². The Labute approximate surface area is 104 Å². The summed E-state index contributed by atoms with van der Waals surface area (Å²) in [5, 5.41) is 9.34. The number of nitrogens with zero attached hydrogens (tertiary/aromatic N) is 2. The van der Waals surface area contributed by atoms with Gasteiger partial charge >= 0.3 is 0 Å². The van der Waals surface area contributed by atoms with E-state index in [2.05, 4.69) is 4.98 Å². The van der Waals surface area contributed by atoms with Gasteiger partial charge in [-0.25, -0.2) is 9.37 Å². The molecule has 1 aromatic heterocycles. The topological polar surface area (TPSA) is 45.6 Å². The van der Waals surface area contributed by atoms with Gasteiger partial charge in [0.25, 0.3) is 0 Å². The summed E-state index contributed by atoms with van der Waals surface area (Å²) < 4.78 is 19.1. The number of anilines is 1. The number of aliphatic hydroxyl groups is 1.